The molecule has 1 heterocycles. The first kappa shape index (κ1) is 7.95. The molecule has 55 valence electrons. The lowest BCUT2D eigenvalue weighted by molar-refractivity contribution is 0.387. The Morgan fingerprint density at radius 3 is 2.40 bits per heavy atom. The van der Waals surface area contributed by atoms with Crippen LogP contribution in [-0.2, 0) is 4.57 Å². The summed E-state index contributed by atoms with van der Waals surface area (Å²) in [6, 6.07) is 1.40. The van der Waals surface area contributed by atoms with Crippen LogP contribution in [0.4, 0.5) is 0 Å². The second kappa shape index (κ2) is 2.47. The van der Waals surface area contributed by atoms with Gasteiger partial charge in [-0.2, -0.15) is 0 Å². The minimum absolute atomic E-state index is 0.0394. The van der Waals surface area contributed by atoms with Crippen LogP contribution in [0.2, 0.25) is 0 Å². The normalized spacial score (nSPS) is 11.9. The summed E-state index contributed by atoms with van der Waals surface area (Å²) in [6.45, 7) is 3.47. The fourth-order valence-electron chi connectivity index (χ4n) is 0.593. The molecule has 1 rings (SSSR count). The summed E-state index contributed by atoms with van der Waals surface area (Å²) in [7, 11) is -4.06. The van der Waals surface area contributed by atoms with E-state index in [-0.39, 0.29) is 5.30 Å². The van der Waals surface area contributed by atoms with E-state index >= 15 is 0 Å². The van der Waals surface area contributed by atoms with Crippen molar-refractivity contribution in [3.8, 4) is 0 Å². The van der Waals surface area contributed by atoms with Gasteiger partial charge in [-0.3, -0.25) is 4.57 Å². The fraction of sp³-hybridized carbons (Fsp3) is 0. The van der Waals surface area contributed by atoms with E-state index in [0.717, 1.165) is 0 Å². The average Bonchev–Trinajstić information content (AvgIpc) is 2.11. The van der Waals surface area contributed by atoms with E-state index in [4.69, 9.17) is 9.79 Å². The summed E-state index contributed by atoms with van der Waals surface area (Å²) in [5.74, 6) is 0. The average molecular weight is 177 g/mol. The number of rotatable bonds is 1. The van der Waals surface area contributed by atoms with Crippen LogP contribution in [0.1, 0.15) is 4.88 Å². The largest absolute Gasteiger partial charge is 0.357 e. The summed E-state index contributed by atoms with van der Waals surface area (Å²) in [5.41, 5.74) is 0. The lowest BCUT2D eigenvalue weighted by Crippen LogP contribution is -2.02. The van der Waals surface area contributed by atoms with Crippen LogP contribution in [0.3, 0.4) is 0 Å². The molecule has 0 saturated carbocycles. The van der Waals surface area contributed by atoms with Gasteiger partial charge < -0.3 is 9.79 Å². The van der Waals surface area contributed by atoms with Crippen molar-refractivity contribution < 1.29 is 14.4 Å². The second-order valence-electron chi connectivity index (χ2n) is 1.77. The predicted molar refractivity (Wildman–Crippen MR) is 40.5 cm³/mol. The van der Waals surface area contributed by atoms with E-state index in [9.17, 15) is 4.57 Å². The Morgan fingerprint density at radius 1 is 1.60 bits per heavy atom. The molecular formula is C5H6O3PS. The van der Waals surface area contributed by atoms with Gasteiger partial charge in [0, 0.05) is 4.88 Å². The van der Waals surface area contributed by atoms with Gasteiger partial charge in [-0.25, -0.2) is 0 Å². The monoisotopic (exact) mass is 177 g/mol. The molecule has 0 unspecified atom stereocenters. The molecule has 0 aromatic carbocycles. The Labute approximate surface area is 62.5 Å². The lowest BCUT2D eigenvalue weighted by Gasteiger charge is -1.99. The molecule has 0 saturated heterocycles. The summed E-state index contributed by atoms with van der Waals surface area (Å²) >= 11 is 1.23. The van der Waals surface area contributed by atoms with Gasteiger partial charge in [0.15, 0.2) is 0 Å². The molecule has 0 atom stereocenters. The van der Waals surface area contributed by atoms with E-state index in [1.54, 1.807) is 5.38 Å². The molecule has 1 aromatic heterocycles. The third-order valence-electron chi connectivity index (χ3n) is 1.04. The molecule has 0 spiro atoms. The second-order valence-corrected chi connectivity index (χ2v) is 4.34. The van der Waals surface area contributed by atoms with Crippen molar-refractivity contribution in [1.29, 1.82) is 0 Å². The zero-order chi connectivity index (χ0) is 7.78. The van der Waals surface area contributed by atoms with E-state index in [2.05, 4.69) is 6.92 Å². The Kier molecular flexibility index (Phi) is 1.97. The van der Waals surface area contributed by atoms with E-state index < -0.39 is 7.60 Å². The molecule has 0 bridgehead atoms. The first-order chi connectivity index (χ1) is 4.52. The molecule has 0 fully saturated rings. The minimum atomic E-state index is -4.06. The molecule has 1 radical (unpaired) electrons. The molecule has 1 aromatic rings. The highest BCUT2D eigenvalue weighted by Gasteiger charge is 2.19. The number of hydrogen-bond acceptors (Lipinski definition) is 2. The highest BCUT2D eigenvalue weighted by atomic mass is 32.1. The molecular weight excluding hydrogens is 171 g/mol. The lowest BCUT2D eigenvalue weighted by atomic mass is 10.5. The SMILES string of the molecule is [CH2]c1sccc1P(=O)(O)O. The van der Waals surface area contributed by atoms with Gasteiger partial charge in [0.05, 0.1) is 5.30 Å². The van der Waals surface area contributed by atoms with E-state index in [1.165, 1.54) is 17.4 Å². The van der Waals surface area contributed by atoms with Crippen LogP contribution < -0.4 is 5.30 Å². The summed E-state index contributed by atoms with van der Waals surface area (Å²) < 4.78 is 10.6. The number of hydrogen-bond donors (Lipinski definition) is 2. The van der Waals surface area contributed by atoms with Gasteiger partial charge in [0.2, 0.25) is 0 Å². The van der Waals surface area contributed by atoms with Crippen LogP contribution in [0.5, 0.6) is 0 Å². The van der Waals surface area contributed by atoms with Gasteiger partial charge in [-0.15, -0.1) is 11.3 Å². The van der Waals surface area contributed by atoms with Gasteiger partial charge in [-0.05, 0) is 18.4 Å². The smallest absolute Gasteiger partial charge is 0.321 e. The third-order valence-corrected chi connectivity index (χ3v) is 3.01. The highest BCUT2D eigenvalue weighted by Crippen LogP contribution is 2.35. The Balaban J connectivity index is 3.18. The Bertz CT molecular complexity index is 274. The maximum Gasteiger partial charge on any atom is 0.357 e. The zero-order valence-corrected chi connectivity index (χ0v) is 6.73. The molecule has 0 aliphatic carbocycles. The molecule has 0 amide bonds. The molecule has 2 N–H and O–H groups in total. The molecule has 5 heteroatoms. The Hall–Kier alpha value is -0.150. The summed E-state index contributed by atoms with van der Waals surface area (Å²) in [6.07, 6.45) is 0. The standard InChI is InChI=1S/C5H6O3PS/c1-4-5(2-3-10-4)9(6,7)8/h2-3H,1H2,(H2,6,7,8). The molecule has 0 aliphatic rings. The van der Waals surface area contributed by atoms with E-state index in [1.807, 2.05) is 0 Å². The topological polar surface area (TPSA) is 57.5 Å². The Morgan fingerprint density at radius 2 is 2.20 bits per heavy atom. The van der Waals surface area contributed by atoms with Crippen LogP contribution in [0.25, 0.3) is 0 Å². The van der Waals surface area contributed by atoms with Crippen molar-refractivity contribution in [2.45, 2.75) is 0 Å². The van der Waals surface area contributed by atoms with Gasteiger partial charge >= 0.3 is 7.60 Å². The minimum Gasteiger partial charge on any atom is -0.321 e. The van der Waals surface area contributed by atoms with Crippen LogP contribution >= 0.6 is 18.9 Å². The van der Waals surface area contributed by atoms with Crippen molar-refractivity contribution in [2.24, 2.45) is 0 Å². The van der Waals surface area contributed by atoms with Gasteiger partial charge in [0.25, 0.3) is 0 Å². The first-order valence-electron chi connectivity index (χ1n) is 2.47. The van der Waals surface area contributed by atoms with Crippen molar-refractivity contribution >= 4 is 24.2 Å². The predicted octanol–water partition coefficient (Wildman–Crippen LogP) is 0.733. The van der Waals surface area contributed by atoms with Crippen molar-refractivity contribution in [2.75, 3.05) is 0 Å². The number of thiophene rings is 1. The molecule has 3 nitrogen and oxygen atoms in total. The maximum absolute atomic E-state index is 10.6. The van der Waals surface area contributed by atoms with E-state index in [0.29, 0.717) is 4.88 Å². The molecule has 0 aliphatic heterocycles. The molecule has 10 heavy (non-hydrogen) atoms. The maximum atomic E-state index is 10.6. The van der Waals surface area contributed by atoms with Crippen LogP contribution in [0.15, 0.2) is 11.4 Å². The fourth-order valence-corrected chi connectivity index (χ4v) is 2.36. The van der Waals surface area contributed by atoms with Crippen molar-refractivity contribution in [3.63, 3.8) is 0 Å². The summed E-state index contributed by atoms with van der Waals surface area (Å²) in [4.78, 5) is 17.7. The highest BCUT2D eigenvalue weighted by molar-refractivity contribution is 7.61. The van der Waals surface area contributed by atoms with Gasteiger partial charge in [0.1, 0.15) is 0 Å². The quantitative estimate of drug-likeness (QED) is 0.622. The van der Waals surface area contributed by atoms with Crippen molar-refractivity contribution in [1.82, 2.24) is 0 Å². The first-order valence-corrected chi connectivity index (χ1v) is 4.96. The van der Waals surface area contributed by atoms with Crippen LogP contribution in [0, 0.1) is 6.92 Å². The summed E-state index contributed by atoms with van der Waals surface area (Å²) in [5, 5.41) is 1.65. The zero-order valence-electron chi connectivity index (χ0n) is 5.02. The third kappa shape index (κ3) is 1.47. The van der Waals surface area contributed by atoms with Crippen molar-refractivity contribution in [3.05, 3.63) is 23.2 Å². The van der Waals surface area contributed by atoms with Gasteiger partial charge in [-0.1, -0.05) is 0 Å². The van der Waals surface area contributed by atoms with Crippen LogP contribution in [-0.4, -0.2) is 9.79 Å².